The lowest BCUT2D eigenvalue weighted by molar-refractivity contribution is 0.993. The first-order valence-corrected chi connectivity index (χ1v) is 3.95. The predicted octanol–water partition coefficient (Wildman–Crippen LogP) is 0.336. The van der Waals surface area contributed by atoms with Crippen molar-refractivity contribution in [1.29, 1.82) is 0 Å². The molecule has 0 atom stereocenters. The Morgan fingerprint density at radius 1 is 1.25 bits per heavy atom. The Morgan fingerprint density at radius 2 is 1.92 bits per heavy atom. The number of hydrogen-bond acceptors (Lipinski definition) is 5. The molecule has 5 heteroatoms. The molecule has 4 N–H and O–H groups in total. The van der Waals surface area contributed by atoms with E-state index < -0.39 is 0 Å². The highest BCUT2D eigenvalue weighted by molar-refractivity contribution is 5.41. The minimum atomic E-state index is 0.580. The topological polar surface area (TPSA) is 75.9 Å². The maximum Gasteiger partial charge on any atom is 0.162 e. The fourth-order valence-electron chi connectivity index (χ4n) is 0.923. The molecule has 1 fully saturated rings. The van der Waals surface area contributed by atoms with Gasteiger partial charge in [0.15, 0.2) is 5.82 Å². The summed E-state index contributed by atoms with van der Waals surface area (Å²) in [5.41, 5.74) is 2.42. The molecule has 0 aliphatic heterocycles. The molecule has 0 unspecified atom stereocenters. The summed E-state index contributed by atoms with van der Waals surface area (Å²) >= 11 is 0. The van der Waals surface area contributed by atoms with Gasteiger partial charge >= 0.3 is 0 Å². The van der Waals surface area contributed by atoms with E-state index in [1.807, 2.05) is 6.07 Å². The number of nitrogens with two attached hydrogens (primary N) is 1. The van der Waals surface area contributed by atoms with Gasteiger partial charge in [0.05, 0.1) is 0 Å². The lowest BCUT2D eigenvalue weighted by atomic mass is 10.5. The second kappa shape index (κ2) is 2.94. The van der Waals surface area contributed by atoms with Crippen LogP contribution >= 0.6 is 0 Å². The first kappa shape index (κ1) is 7.30. The van der Waals surface area contributed by atoms with E-state index in [1.54, 1.807) is 6.07 Å². The van der Waals surface area contributed by atoms with Crippen LogP contribution in [-0.2, 0) is 0 Å². The first-order valence-electron chi connectivity index (χ1n) is 3.95. The van der Waals surface area contributed by atoms with Crippen LogP contribution in [0.5, 0.6) is 0 Å². The van der Waals surface area contributed by atoms with Gasteiger partial charge in [-0.25, -0.2) is 5.84 Å². The summed E-state index contributed by atoms with van der Waals surface area (Å²) in [5, 5.41) is 11.0. The van der Waals surface area contributed by atoms with E-state index in [1.165, 1.54) is 12.8 Å². The molecule has 1 saturated carbocycles. The number of anilines is 2. The molecule has 0 spiro atoms. The van der Waals surface area contributed by atoms with Gasteiger partial charge in [-0.2, -0.15) is 0 Å². The summed E-state index contributed by atoms with van der Waals surface area (Å²) in [4.78, 5) is 0. The van der Waals surface area contributed by atoms with Crippen LogP contribution in [-0.4, -0.2) is 16.2 Å². The Labute approximate surface area is 70.3 Å². The summed E-state index contributed by atoms with van der Waals surface area (Å²) in [7, 11) is 0. The van der Waals surface area contributed by atoms with Crippen LogP contribution < -0.4 is 16.6 Å². The van der Waals surface area contributed by atoms with E-state index in [-0.39, 0.29) is 0 Å². The molecule has 0 amide bonds. The van der Waals surface area contributed by atoms with Gasteiger partial charge in [-0.1, -0.05) is 0 Å². The maximum atomic E-state index is 5.14. The second-order valence-corrected chi connectivity index (χ2v) is 2.87. The molecule has 1 aliphatic carbocycles. The number of aromatic nitrogens is 2. The zero-order valence-electron chi connectivity index (χ0n) is 6.62. The van der Waals surface area contributed by atoms with Crippen molar-refractivity contribution in [2.24, 2.45) is 5.84 Å². The third-order valence-electron chi connectivity index (χ3n) is 1.74. The Bertz CT molecular complexity index is 253. The van der Waals surface area contributed by atoms with Crippen molar-refractivity contribution in [3.63, 3.8) is 0 Å². The lowest BCUT2D eigenvalue weighted by Crippen LogP contribution is -2.10. The summed E-state index contributed by atoms with van der Waals surface area (Å²) in [5.74, 6) is 6.54. The molecule has 64 valence electrons. The van der Waals surface area contributed by atoms with Crippen LogP contribution in [0.2, 0.25) is 0 Å². The fraction of sp³-hybridized carbons (Fsp3) is 0.429. The van der Waals surface area contributed by atoms with E-state index in [2.05, 4.69) is 20.9 Å². The molecular weight excluding hydrogens is 154 g/mol. The summed E-state index contributed by atoms with van der Waals surface area (Å²) in [6.07, 6.45) is 2.47. The zero-order chi connectivity index (χ0) is 8.39. The predicted molar refractivity (Wildman–Crippen MR) is 46.5 cm³/mol. The molecule has 0 radical (unpaired) electrons. The Morgan fingerprint density at radius 3 is 2.42 bits per heavy atom. The van der Waals surface area contributed by atoms with Gasteiger partial charge in [0, 0.05) is 6.04 Å². The molecule has 1 aliphatic rings. The fourth-order valence-corrected chi connectivity index (χ4v) is 0.923. The number of hydrazine groups is 1. The Hall–Kier alpha value is -1.36. The van der Waals surface area contributed by atoms with Crippen molar-refractivity contribution in [3.05, 3.63) is 12.1 Å². The minimum absolute atomic E-state index is 0.580. The second-order valence-electron chi connectivity index (χ2n) is 2.87. The van der Waals surface area contributed by atoms with Crippen molar-refractivity contribution in [3.8, 4) is 0 Å². The van der Waals surface area contributed by atoms with Gasteiger partial charge in [0.25, 0.3) is 0 Å². The number of nitrogens with one attached hydrogen (secondary N) is 2. The van der Waals surface area contributed by atoms with Crippen LogP contribution in [0.1, 0.15) is 12.8 Å². The van der Waals surface area contributed by atoms with Crippen molar-refractivity contribution in [2.45, 2.75) is 18.9 Å². The van der Waals surface area contributed by atoms with E-state index >= 15 is 0 Å². The van der Waals surface area contributed by atoms with E-state index in [0.29, 0.717) is 11.9 Å². The zero-order valence-corrected chi connectivity index (χ0v) is 6.62. The number of rotatable bonds is 3. The van der Waals surface area contributed by atoms with Crippen molar-refractivity contribution in [1.82, 2.24) is 10.2 Å². The van der Waals surface area contributed by atoms with Crippen LogP contribution in [0, 0.1) is 0 Å². The molecule has 12 heavy (non-hydrogen) atoms. The highest BCUT2D eigenvalue weighted by atomic mass is 15.3. The number of nitrogen functional groups attached to an aromatic ring is 1. The Kier molecular flexibility index (Phi) is 1.79. The molecule has 0 aromatic carbocycles. The first-order chi connectivity index (χ1) is 5.88. The lowest BCUT2D eigenvalue weighted by Gasteiger charge is -2.02. The SMILES string of the molecule is NNc1ccc(NC2CC2)nn1. The highest BCUT2D eigenvalue weighted by Crippen LogP contribution is 2.23. The van der Waals surface area contributed by atoms with Gasteiger partial charge in [-0.3, -0.25) is 0 Å². The Balaban J connectivity index is 2.02. The van der Waals surface area contributed by atoms with Gasteiger partial charge < -0.3 is 10.7 Å². The normalized spacial score (nSPS) is 15.8. The quantitative estimate of drug-likeness (QED) is 0.444. The smallest absolute Gasteiger partial charge is 0.162 e. The van der Waals surface area contributed by atoms with Gasteiger partial charge in [0.2, 0.25) is 0 Å². The van der Waals surface area contributed by atoms with E-state index in [0.717, 1.165) is 5.82 Å². The van der Waals surface area contributed by atoms with Crippen molar-refractivity contribution in [2.75, 3.05) is 10.7 Å². The minimum Gasteiger partial charge on any atom is -0.366 e. The standard InChI is InChI=1S/C7H11N5/c8-10-7-4-3-6(11-12-7)9-5-1-2-5/h3-5H,1-2,8H2,(H,9,11)(H,10,12). The van der Waals surface area contributed by atoms with Crippen molar-refractivity contribution < 1.29 is 0 Å². The van der Waals surface area contributed by atoms with Gasteiger partial charge in [-0.15, -0.1) is 10.2 Å². The third-order valence-corrected chi connectivity index (χ3v) is 1.74. The monoisotopic (exact) mass is 165 g/mol. The van der Waals surface area contributed by atoms with Gasteiger partial charge in [0.1, 0.15) is 5.82 Å². The molecule has 2 rings (SSSR count). The van der Waals surface area contributed by atoms with Crippen molar-refractivity contribution >= 4 is 11.6 Å². The van der Waals surface area contributed by atoms with Crippen LogP contribution in [0.25, 0.3) is 0 Å². The van der Waals surface area contributed by atoms with Crippen LogP contribution in [0.3, 0.4) is 0 Å². The van der Waals surface area contributed by atoms with Crippen LogP contribution in [0.15, 0.2) is 12.1 Å². The highest BCUT2D eigenvalue weighted by Gasteiger charge is 2.21. The summed E-state index contributed by atoms with van der Waals surface area (Å²) in [6.45, 7) is 0. The number of hydrogen-bond donors (Lipinski definition) is 3. The van der Waals surface area contributed by atoms with Crippen LogP contribution in [0.4, 0.5) is 11.6 Å². The average Bonchev–Trinajstić information content (AvgIpc) is 2.90. The molecule has 1 aromatic heterocycles. The third kappa shape index (κ3) is 1.62. The largest absolute Gasteiger partial charge is 0.366 e. The van der Waals surface area contributed by atoms with Gasteiger partial charge in [-0.05, 0) is 25.0 Å². The molecule has 1 heterocycles. The van der Waals surface area contributed by atoms with E-state index in [4.69, 9.17) is 5.84 Å². The summed E-state index contributed by atoms with van der Waals surface area (Å²) in [6, 6.07) is 4.26. The summed E-state index contributed by atoms with van der Waals surface area (Å²) < 4.78 is 0. The number of nitrogens with zero attached hydrogens (tertiary/aromatic N) is 2. The molecule has 5 nitrogen and oxygen atoms in total. The molecule has 1 aromatic rings. The molecule has 0 bridgehead atoms. The average molecular weight is 165 g/mol. The van der Waals surface area contributed by atoms with E-state index in [9.17, 15) is 0 Å². The molecule has 0 saturated heterocycles. The molecular formula is C7H11N5. The maximum absolute atomic E-state index is 5.14.